The van der Waals surface area contributed by atoms with Crippen molar-refractivity contribution < 1.29 is 13.6 Å². The first-order chi connectivity index (χ1) is 16.4. The molecule has 0 saturated heterocycles. The van der Waals surface area contributed by atoms with Gasteiger partial charge in [-0.15, -0.1) is 0 Å². The van der Waals surface area contributed by atoms with Gasteiger partial charge in [0, 0.05) is 40.0 Å². The zero-order valence-electron chi connectivity index (χ0n) is 18.6. The van der Waals surface area contributed by atoms with Gasteiger partial charge < -0.3 is 5.32 Å². The Bertz CT molecular complexity index is 1270. The molecule has 0 aliphatic rings. The number of nitrogens with one attached hydrogen (secondary N) is 1. The highest BCUT2D eigenvalue weighted by Crippen LogP contribution is 2.32. The quantitative estimate of drug-likeness (QED) is 0.296. The van der Waals surface area contributed by atoms with E-state index < -0.39 is 5.92 Å². The average molecular weight is 477 g/mol. The minimum absolute atomic E-state index is 0.0396. The molecule has 172 valence electrons. The molecular weight excluding hydrogens is 454 g/mol. The molecule has 1 N–H and O–H groups in total. The van der Waals surface area contributed by atoms with E-state index in [0.717, 1.165) is 22.4 Å². The van der Waals surface area contributed by atoms with Crippen molar-refractivity contribution in [3.05, 3.63) is 107 Å². The summed E-state index contributed by atoms with van der Waals surface area (Å²) in [4.78, 5) is 17.0. The molecule has 0 bridgehead atoms. The lowest BCUT2D eigenvalue weighted by molar-refractivity contribution is -0.115. The first-order valence-electron chi connectivity index (χ1n) is 10.9. The van der Waals surface area contributed by atoms with Gasteiger partial charge in [-0.2, -0.15) is 0 Å². The third-order valence-corrected chi connectivity index (χ3v) is 5.84. The number of rotatable bonds is 7. The van der Waals surface area contributed by atoms with Crippen molar-refractivity contribution in [3.8, 4) is 22.4 Å². The third kappa shape index (κ3) is 5.49. The number of carbonyl (C=O) groups is 1. The predicted octanol–water partition coefficient (Wildman–Crippen LogP) is 7.75. The van der Waals surface area contributed by atoms with Gasteiger partial charge in [0.15, 0.2) is 0 Å². The fourth-order valence-corrected chi connectivity index (χ4v) is 3.80. The van der Waals surface area contributed by atoms with E-state index >= 15 is 0 Å². The van der Waals surface area contributed by atoms with Crippen LogP contribution in [0.15, 0.2) is 91.1 Å². The molecule has 0 aliphatic heterocycles. The molecule has 0 spiro atoms. The van der Waals surface area contributed by atoms with Crippen LogP contribution in [-0.4, -0.2) is 10.9 Å². The third-order valence-electron chi connectivity index (χ3n) is 5.59. The number of alkyl halides is 2. The summed E-state index contributed by atoms with van der Waals surface area (Å²) in [5, 5.41) is 3.53. The minimum Gasteiger partial charge on any atom is -0.326 e. The van der Waals surface area contributed by atoms with Gasteiger partial charge in [0.25, 0.3) is 5.92 Å². The molecule has 0 saturated carbocycles. The Morgan fingerprint density at radius 1 is 0.912 bits per heavy atom. The van der Waals surface area contributed by atoms with Crippen LogP contribution in [0.2, 0.25) is 5.02 Å². The standard InChI is InChI=1S/C28H23ClF2N2O/c1-2-28(30,31)22-11-5-19(6-12-22)18-26(34)33-24-15-9-21(10-16-24)27-25(4-3-17-32-27)20-7-13-23(29)14-8-20/h3-17H,2,18H2,1H3,(H,33,34). The number of nitrogens with zero attached hydrogens (tertiary/aromatic N) is 1. The number of halogens is 3. The summed E-state index contributed by atoms with van der Waals surface area (Å²) in [5.41, 5.74) is 5.00. The second kappa shape index (κ2) is 10.1. The van der Waals surface area contributed by atoms with Crippen LogP contribution in [-0.2, 0) is 17.1 Å². The zero-order chi connectivity index (χ0) is 24.1. The van der Waals surface area contributed by atoms with Crippen LogP contribution in [0.5, 0.6) is 0 Å². The van der Waals surface area contributed by atoms with E-state index in [1.807, 2.05) is 60.7 Å². The normalized spacial score (nSPS) is 11.3. The maximum atomic E-state index is 13.8. The Morgan fingerprint density at radius 2 is 1.56 bits per heavy atom. The molecule has 4 rings (SSSR count). The Kier molecular flexibility index (Phi) is 7.03. The number of carbonyl (C=O) groups excluding carboxylic acids is 1. The number of aromatic nitrogens is 1. The molecule has 34 heavy (non-hydrogen) atoms. The van der Waals surface area contributed by atoms with E-state index in [1.165, 1.54) is 19.1 Å². The van der Waals surface area contributed by atoms with Crippen molar-refractivity contribution >= 4 is 23.2 Å². The van der Waals surface area contributed by atoms with Crippen LogP contribution >= 0.6 is 11.6 Å². The molecule has 1 heterocycles. The van der Waals surface area contributed by atoms with E-state index in [9.17, 15) is 13.6 Å². The lowest BCUT2D eigenvalue weighted by Crippen LogP contribution is -2.15. The van der Waals surface area contributed by atoms with E-state index in [0.29, 0.717) is 16.3 Å². The fraction of sp³-hybridized carbons (Fsp3) is 0.143. The second-order valence-corrected chi connectivity index (χ2v) is 8.40. The van der Waals surface area contributed by atoms with Gasteiger partial charge in [-0.1, -0.05) is 73.1 Å². The topological polar surface area (TPSA) is 42.0 Å². The molecule has 6 heteroatoms. The van der Waals surface area contributed by atoms with E-state index in [4.69, 9.17) is 11.6 Å². The number of pyridine rings is 1. The molecule has 0 radical (unpaired) electrons. The van der Waals surface area contributed by atoms with Crippen LogP contribution in [0.3, 0.4) is 0 Å². The van der Waals surface area contributed by atoms with Crippen LogP contribution in [0.4, 0.5) is 14.5 Å². The smallest absolute Gasteiger partial charge is 0.273 e. The van der Waals surface area contributed by atoms with Crippen molar-refractivity contribution in [1.82, 2.24) is 4.98 Å². The minimum atomic E-state index is -2.86. The van der Waals surface area contributed by atoms with Gasteiger partial charge in [-0.3, -0.25) is 9.78 Å². The fourth-order valence-electron chi connectivity index (χ4n) is 3.67. The largest absolute Gasteiger partial charge is 0.326 e. The Hall–Kier alpha value is -3.57. The van der Waals surface area contributed by atoms with E-state index in [-0.39, 0.29) is 24.3 Å². The Balaban J connectivity index is 1.45. The summed E-state index contributed by atoms with van der Waals surface area (Å²) < 4.78 is 27.5. The predicted molar refractivity (Wildman–Crippen MR) is 133 cm³/mol. The van der Waals surface area contributed by atoms with E-state index in [1.54, 1.807) is 18.3 Å². The summed E-state index contributed by atoms with van der Waals surface area (Å²) in [6.07, 6.45) is 1.58. The van der Waals surface area contributed by atoms with Gasteiger partial charge >= 0.3 is 0 Å². The molecule has 3 nitrogen and oxygen atoms in total. The van der Waals surface area contributed by atoms with Crippen LogP contribution in [0.1, 0.15) is 24.5 Å². The SMILES string of the molecule is CCC(F)(F)c1ccc(CC(=O)Nc2ccc(-c3ncccc3-c3ccc(Cl)cc3)cc2)cc1. The van der Waals surface area contributed by atoms with Crippen molar-refractivity contribution in [1.29, 1.82) is 0 Å². The van der Waals surface area contributed by atoms with Crippen molar-refractivity contribution in [2.75, 3.05) is 5.32 Å². The number of anilines is 1. The van der Waals surface area contributed by atoms with Crippen LogP contribution in [0, 0.1) is 0 Å². The number of hydrogen-bond donors (Lipinski definition) is 1. The highest BCUT2D eigenvalue weighted by Gasteiger charge is 2.28. The first kappa shape index (κ1) is 23.6. The van der Waals surface area contributed by atoms with Crippen molar-refractivity contribution in [2.24, 2.45) is 0 Å². The monoisotopic (exact) mass is 476 g/mol. The van der Waals surface area contributed by atoms with Crippen LogP contribution < -0.4 is 5.32 Å². The number of hydrogen-bond acceptors (Lipinski definition) is 2. The maximum Gasteiger partial charge on any atom is 0.273 e. The van der Waals surface area contributed by atoms with Gasteiger partial charge in [0.1, 0.15) is 0 Å². The molecule has 0 fully saturated rings. The summed E-state index contributed by atoms with van der Waals surface area (Å²) in [5.74, 6) is -3.08. The zero-order valence-corrected chi connectivity index (χ0v) is 19.3. The number of benzene rings is 3. The maximum absolute atomic E-state index is 13.8. The first-order valence-corrected chi connectivity index (χ1v) is 11.3. The van der Waals surface area contributed by atoms with Gasteiger partial charge in [-0.05, 0) is 41.5 Å². The molecule has 3 aromatic carbocycles. The summed E-state index contributed by atoms with van der Waals surface area (Å²) >= 11 is 6.02. The van der Waals surface area contributed by atoms with Gasteiger partial charge in [-0.25, -0.2) is 8.78 Å². The lowest BCUT2D eigenvalue weighted by atomic mass is 9.99. The average Bonchev–Trinajstić information content (AvgIpc) is 2.85. The van der Waals surface area contributed by atoms with Crippen molar-refractivity contribution in [3.63, 3.8) is 0 Å². The summed E-state index contributed by atoms with van der Waals surface area (Å²) in [7, 11) is 0. The molecule has 0 aliphatic carbocycles. The molecule has 1 amide bonds. The highest BCUT2D eigenvalue weighted by atomic mass is 35.5. The summed E-state index contributed by atoms with van der Waals surface area (Å²) in [6, 6.07) is 24.8. The van der Waals surface area contributed by atoms with Gasteiger partial charge in [0.2, 0.25) is 5.91 Å². The number of amides is 1. The Labute approximate surface area is 202 Å². The molecular formula is C28H23ClF2N2O. The van der Waals surface area contributed by atoms with Crippen LogP contribution in [0.25, 0.3) is 22.4 Å². The van der Waals surface area contributed by atoms with Gasteiger partial charge in [0.05, 0.1) is 12.1 Å². The molecule has 4 aromatic rings. The summed E-state index contributed by atoms with van der Waals surface area (Å²) in [6.45, 7) is 1.44. The Morgan fingerprint density at radius 3 is 2.21 bits per heavy atom. The molecule has 0 atom stereocenters. The van der Waals surface area contributed by atoms with Crippen molar-refractivity contribution in [2.45, 2.75) is 25.7 Å². The molecule has 1 aromatic heterocycles. The lowest BCUT2D eigenvalue weighted by Gasteiger charge is -2.14. The second-order valence-electron chi connectivity index (χ2n) is 7.96. The highest BCUT2D eigenvalue weighted by molar-refractivity contribution is 6.30. The molecule has 0 unspecified atom stereocenters. The van der Waals surface area contributed by atoms with E-state index in [2.05, 4.69) is 10.3 Å².